The number of hydrogen-bond donors (Lipinski definition) is 0. The number of esters is 1. The molecule has 1 aliphatic rings. The number of carbonyl (C=O) groups is 2. The number of rotatable bonds is 4. The Labute approximate surface area is 138 Å². The lowest BCUT2D eigenvalue weighted by Gasteiger charge is -2.19. The fourth-order valence-electron chi connectivity index (χ4n) is 3.30. The molecule has 6 nitrogen and oxygen atoms in total. The van der Waals surface area contributed by atoms with Crippen LogP contribution in [0.1, 0.15) is 50.2 Å². The summed E-state index contributed by atoms with van der Waals surface area (Å²) in [5.41, 5.74) is 1.59. The van der Waals surface area contributed by atoms with E-state index >= 15 is 0 Å². The largest absolute Gasteiger partial charge is 0.465 e. The predicted molar refractivity (Wildman–Crippen MR) is 85.6 cm³/mol. The highest BCUT2D eigenvalue weighted by Crippen LogP contribution is 2.43. The van der Waals surface area contributed by atoms with Gasteiger partial charge in [-0.15, -0.1) is 0 Å². The molecule has 0 fully saturated rings. The Hall–Kier alpha value is -3.02. The molecule has 122 valence electrons. The standard InChI is InChI=1S/C18H15NO5/c1-24-18(21)14-9-5-4-8-13(14)17(19(22)23)15-10-16(20)12-7-3-2-6-11(12)15/h2-9,15,17H,10H2,1H3. The van der Waals surface area contributed by atoms with Crippen LogP contribution in [0.25, 0.3) is 0 Å². The predicted octanol–water partition coefficient (Wildman–Crippen LogP) is 3.16. The zero-order valence-corrected chi connectivity index (χ0v) is 13.0. The van der Waals surface area contributed by atoms with Gasteiger partial charge in [-0.1, -0.05) is 42.5 Å². The maximum atomic E-state index is 12.2. The van der Waals surface area contributed by atoms with E-state index in [2.05, 4.69) is 0 Å². The molecule has 0 saturated carbocycles. The molecule has 2 aromatic carbocycles. The van der Waals surface area contributed by atoms with Crippen molar-refractivity contribution < 1.29 is 19.2 Å². The summed E-state index contributed by atoms with van der Waals surface area (Å²) in [6.07, 6.45) is 0.0561. The van der Waals surface area contributed by atoms with Crippen molar-refractivity contribution in [1.82, 2.24) is 0 Å². The van der Waals surface area contributed by atoms with Crippen LogP contribution in [-0.4, -0.2) is 23.8 Å². The molecule has 1 aliphatic carbocycles. The van der Waals surface area contributed by atoms with Crippen LogP contribution in [0.15, 0.2) is 48.5 Å². The van der Waals surface area contributed by atoms with Crippen LogP contribution in [0.3, 0.4) is 0 Å². The van der Waals surface area contributed by atoms with Crippen LogP contribution in [0.4, 0.5) is 0 Å². The van der Waals surface area contributed by atoms with Gasteiger partial charge in [-0.05, 0) is 11.6 Å². The van der Waals surface area contributed by atoms with E-state index in [-0.39, 0.29) is 23.3 Å². The van der Waals surface area contributed by atoms with Crippen molar-refractivity contribution in [2.75, 3.05) is 7.11 Å². The highest BCUT2D eigenvalue weighted by atomic mass is 16.6. The third-order valence-corrected chi connectivity index (χ3v) is 4.36. The first-order valence-corrected chi connectivity index (χ1v) is 7.47. The number of benzene rings is 2. The number of methoxy groups -OCH3 is 1. The quantitative estimate of drug-likeness (QED) is 0.489. The summed E-state index contributed by atoms with van der Waals surface area (Å²) in [4.78, 5) is 35.5. The number of ether oxygens (including phenoxy) is 1. The second-order valence-electron chi connectivity index (χ2n) is 5.63. The maximum absolute atomic E-state index is 12.2. The summed E-state index contributed by atoms with van der Waals surface area (Å²) in [5, 5.41) is 11.8. The van der Waals surface area contributed by atoms with Gasteiger partial charge in [0, 0.05) is 22.5 Å². The molecule has 0 saturated heterocycles. The molecule has 0 aliphatic heterocycles. The van der Waals surface area contributed by atoms with Gasteiger partial charge in [0.15, 0.2) is 5.78 Å². The fraction of sp³-hybridized carbons (Fsp3) is 0.222. The molecular formula is C18H15NO5. The Balaban J connectivity index is 2.13. The Morgan fingerprint density at radius 3 is 2.58 bits per heavy atom. The number of nitrogens with zero attached hydrogens (tertiary/aromatic N) is 1. The fourth-order valence-corrected chi connectivity index (χ4v) is 3.30. The lowest BCUT2D eigenvalue weighted by Crippen LogP contribution is -2.21. The molecule has 0 spiro atoms. The van der Waals surface area contributed by atoms with Crippen LogP contribution < -0.4 is 0 Å². The van der Waals surface area contributed by atoms with Crippen molar-refractivity contribution in [2.45, 2.75) is 18.4 Å². The molecule has 2 atom stereocenters. The lowest BCUT2D eigenvalue weighted by molar-refractivity contribution is -0.533. The van der Waals surface area contributed by atoms with E-state index in [1.165, 1.54) is 13.2 Å². The molecule has 3 rings (SSSR count). The van der Waals surface area contributed by atoms with E-state index in [0.717, 1.165) is 0 Å². The van der Waals surface area contributed by atoms with E-state index in [4.69, 9.17) is 4.74 Å². The number of Topliss-reactive ketones (excluding diaryl/α,β-unsaturated/α-hetero) is 1. The molecule has 0 amide bonds. The average molecular weight is 325 g/mol. The van der Waals surface area contributed by atoms with E-state index in [1.807, 2.05) is 0 Å². The third kappa shape index (κ3) is 2.56. The first-order valence-electron chi connectivity index (χ1n) is 7.47. The third-order valence-electron chi connectivity index (χ3n) is 4.36. The summed E-state index contributed by atoms with van der Waals surface area (Å²) in [6, 6.07) is 12.0. The molecular weight excluding hydrogens is 310 g/mol. The topological polar surface area (TPSA) is 86.5 Å². The Bertz CT molecular complexity index is 830. The maximum Gasteiger partial charge on any atom is 0.338 e. The minimum absolute atomic E-state index is 0.0561. The zero-order valence-electron chi connectivity index (χ0n) is 13.0. The van der Waals surface area contributed by atoms with E-state index < -0.39 is 22.9 Å². The van der Waals surface area contributed by atoms with Gasteiger partial charge in [0.05, 0.1) is 18.6 Å². The highest BCUT2D eigenvalue weighted by molar-refractivity contribution is 6.01. The smallest absolute Gasteiger partial charge is 0.338 e. The van der Waals surface area contributed by atoms with Crippen molar-refractivity contribution in [2.24, 2.45) is 0 Å². The lowest BCUT2D eigenvalue weighted by atomic mass is 9.86. The number of nitro groups is 1. The molecule has 2 aromatic rings. The summed E-state index contributed by atoms with van der Waals surface area (Å²) in [5.74, 6) is -1.34. The number of ketones is 1. The number of carbonyl (C=O) groups excluding carboxylic acids is 2. The van der Waals surface area contributed by atoms with Crippen LogP contribution in [0.2, 0.25) is 0 Å². The summed E-state index contributed by atoms with van der Waals surface area (Å²) in [7, 11) is 1.23. The second kappa shape index (κ2) is 6.23. The molecule has 0 N–H and O–H groups in total. The molecule has 0 aromatic heterocycles. The molecule has 0 bridgehead atoms. The van der Waals surface area contributed by atoms with Crippen LogP contribution >= 0.6 is 0 Å². The van der Waals surface area contributed by atoms with E-state index in [9.17, 15) is 19.7 Å². The van der Waals surface area contributed by atoms with Crippen molar-refractivity contribution in [3.63, 3.8) is 0 Å². The van der Waals surface area contributed by atoms with Gasteiger partial charge in [-0.2, -0.15) is 0 Å². The monoisotopic (exact) mass is 325 g/mol. The first kappa shape index (κ1) is 15.9. The normalized spacial score (nSPS) is 17.2. The van der Waals surface area contributed by atoms with Crippen LogP contribution in [-0.2, 0) is 4.74 Å². The van der Waals surface area contributed by atoms with E-state index in [1.54, 1.807) is 42.5 Å². The number of hydrogen-bond acceptors (Lipinski definition) is 5. The Kier molecular flexibility index (Phi) is 4.12. The van der Waals surface area contributed by atoms with Crippen LogP contribution in [0, 0.1) is 10.1 Å². The van der Waals surface area contributed by atoms with Crippen molar-refractivity contribution in [1.29, 1.82) is 0 Å². The summed E-state index contributed by atoms with van der Waals surface area (Å²) >= 11 is 0. The zero-order chi connectivity index (χ0) is 17.3. The van der Waals surface area contributed by atoms with Gasteiger partial charge in [0.2, 0.25) is 6.04 Å². The van der Waals surface area contributed by atoms with Crippen LogP contribution in [0.5, 0.6) is 0 Å². The van der Waals surface area contributed by atoms with Gasteiger partial charge in [0.25, 0.3) is 0 Å². The van der Waals surface area contributed by atoms with Gasteiger partial charge in [-0.25, -0.2) is 4.79 Å². The van der Waals surface area contributed by atoms with Crippen molar-refractivity contribution in [3.05, 3.63) is 80.9 Å². The molecule has 0 radical (unpaired) electrons. The number of fused-ring (bicyclic) bond motifs is 1. The molecule has 2 unspecified atom stereocenters. The van der Waals surface area contributed by atoms with Gasteiger partial charge < -0.3 is 4.74 Å². The summed E-state index contributed by atoms with van der Waals surface area (Å²) < 4.78 is 4.73. The Morgan fingerprint density at radius 2 is 1.88 bits per heavy atom. The second-order valence-corrected chi connectivity index (χ2v) is 5.63. The van der Waals surface area contributed by atoms with Gasteiger partial charge in [0.1, 0.15) is 0 Å². The van der Waals surface area contributed by atoms with Gasteiger partial charge >= 0.3 is 5.97 Å². The molecule has 0 heterocycles. The summed E-state index contributed by atoms with van der Waals surface area (Å²) in [6.45, 7) is 0. The molecule has 6 heteroatoms. The van der Waals surface area contributed by atoms with E-state index in [0.29, 0.717) is 11.1 Å². The highest BCUT2D eigenvalue weighted by Gasteiger charge is 2.43. The SMILES string of the molecule is COC(=O)c1ccccc1C(C1CC(=O)c2ccccc21)[N+](=O)[O-]. The average Bonchev–Trinajstić information content (AvgIpc) is 2.92. The van der Waals surface area contributed by atoms with Gasteiger partial charge in [-0.3, -0.25) is 14.9 Å². The minimum atomic E-state index is -1.19. The minimum Gasteiger partial charge on any atom is -0.465 e. The van der Waals surface area contributed by atoms with Crippen molar-refractivity contribution in [3.8, 4) is 0 Å². The van der Waals surface area contributed by atoms with Crippen molar-refractivity contribution >= 4 is 11.8 Å². The Morgan fingerprint density at radius 1 is 1.21 bits per heavy atom. The first-order chi connectivity index (χ1) is 11.5. The molecule has 24 heavy (non-hydrogen) atoms.